The predicted molar refractivity (Wildman–Crippen MR) is 68.4 cm³/mol. The molecule has 0 amide bonds. The average Bonchev–Trinajstić information content (AvgIpc) is 2.24. The highest BCUT2D eigenvalue weighted by Gasteiger charge is 2.09. The lowest BCUT2D eigenvalue weighted by Crippen LogP contribution is -2.27. The highest BCUT2D eigenvalue weighted by atomic mass is 79.9. The lowest BCUT2D eigenvalue weighted by Gasteiger charge is -2.16. The van der Waals surface area contributed by atoms with Gasteiger partial charge in [-0.15, -0.1) is 6.58 Å². The SMILES string of the molecule is C=CCCC(NN)c1ccc(C)c(Br)c1. The van der Waals surface area contributed by atoms with Crippen LogP contribution in [0.2, 0.25) is 0 Å². The molecule has 0 aliphatic rings. The number of rotatable bonds is 5. The van der Waals surface area contributed by atoms with Crippen LogP contribution >= 0.6 is 15.9 Å². The summed E-state index contributed by atoms with van der Waals surface area (Å²) in [6.07, 6.45) is 3.84. The first kappa shape index (κ1) is 12.4. The van der Waals surface area contributed by atoms with E-state index in [0.29, 0.717) is 0 Å². The second kappa shape index (κ2) is 6.05. The van der Waals surface area contributed by atoms with Gasteiger partial charge < -0.3 is 0 Å². The van der Waals surface area contributed by atoms with Crippen molar-refractivity contribution in [3.05, 3.63) is 46.5 Å². The zero-order valence-corrected chi connectivity index (χ0v) is 10.5. The number of allylic oxidation sites excluding steroid dienone is 1. The smallest absolute Gasteiger partial charge is 0.0463 e. The van der Waals surface area contributed by atoms with E-state index in [1.165, 1.54) is 11.1 Å². The minimum atomic E-state index is 0.194. The van der Waals surface area contributed by atoms with E-state index in [1.54, 1.807) is 0 Å². The second-order valence-corrected chi connectivity index (χ2v) is 4.45. The first-order valence-corrected chi connectivity index (χ1v) is 5.81. The van der Waals surface area contributed by atoms with Gasteiger partial charge in [0.15, 0.2) is 0 Å². The van der Waals surface area contributed by atoms with Crippen molar-refractivity contribution in [3.8, 4) is 0 Å². The lowest BCUT2D eigenvalue weighted by molar-refractivity contribution is 0.520. The number of nitrogens with one attached hydrogen (secondary N) is 1. The summed E-state index contributed by atoms with van der Waals surface area (Å²) >= 11 is 3.52. The van der Waals surface area contributed by atoms with E-state index in [0.717, 1.165) is 17.3 Å². The van der Waals surface area contributed by atoms with E-state index in [9.17, 15) is 0 Å². The van der Waals surface area contributed by atoms with Crippen LogP contribution in [-0.4, -0.2) is 0 Å². The van der Waals surface area contributed by atoms with Gasteiger partial charge in [-0.1, -0.05) is 34.1 Å². The Balaban J connectivity index is 2.82. The largest absolute Gasteiger partial charge is 0.271 e. The number of halogens is 1. The van der Waals surface area contributed by atoms with Crippen molar-refractivity contribution in [2.45, 2.75) is 25.8 Å². The van der Waals surface area contributed by atoms with Crippen LogP contribution in [0, 0.1) is 6.92 Å². The molecule has 2 nitrogen and oxygen atoms in total. The van der Waals surface area contributed by atoms with Gasteiger partial charge >= 0.3 is 0 Å². The molecule has 0 bridgehead atoms. The van der Waals surface area contributed by atoms with E-state index in [-0.39, 0.29) is 6.04 Å². The Bertz CT molecular complexity index is 336. The van der Waals surface area contributed by atoms with Crippen LogP contribution < -0.4 is 11.3 Å². The maximum atomic E-state index is 5.53. The molecule has 1 aromatic carbocycles. The van der Waals surface area contributed by atoms with Gasteiger partial charge in [-0.2, -0.15) is 0 Å². The summed E-state index contributed by atoms with van der Waals surface area (Å²) in [6, 6.07) is 6.51. The fraction of sp³-hybridized carbons (Fsp3) is 0.333. The number of hydrogen-bond donors (Lipinski definition) is 2. The van der Waals surface area contributed by atoms with Crippen LogP contribution in [0.15, 0.2) is 35.3 Å². The van der Waals surface area contributed by atoms with Crippen molar-refractivity contribution in [1.29, 1.82) is 0 Å². The molecule has 0 heterocycles. The second-order valence-electron chi connectivity index (χ2n) is 3.59. The Labute approximate surface area is 99.7 Å². The van der Waals surface area contributed by atoms with Crippen molar-refractivity contribution in [1.82, 2.24) is 5.43 Å². The maximum Gasteiger partial charge on any atom is 0.0463 e. The Hall–Kier alpha value is -0.640. The molecule has 1 unspecified atom stereocenters. The summed E-state index contributed by atoms with van der Waals surface area (Å²) in [6.45, 7) is 5.79. The Morgan fingerprint density at radius 3 is 2.87 bits per heavy atom. The minimum absolute atomic E-state index is 0.194. The van der Waals surface area contributed by atoms with Crippen LogP contribution in [0.4, 0.5) is 0 Å². The number of hydrogen-bond acceptors (Lipinski definition) is 2. The molecular weight excluding hydrogens is 252 g/mol. The Morgan fingerprint density at radius 2 is 2.33 bits per heavy atom. The van der Waals surface area contributed by atoms with Gasteiger partial charge in [0, 0.05) is 10.5 Å². The highest BCUT2D eigenvalue weighted by molar-refractivity contribution is 9.10. The third-order valence-corrected chi connectivity index (χ3v) is 3.31. The summed E-state index contributed by atoms with van der Waals surface area (Å²) in [4.78, 5) is 0. The molecule has 15 heavy (non-hydrogen) atoms. The summed E-state index contributed by atoms with van der Waals surface area (Å²) in [5, 5.41) is 0. The molecule has 0 aliphatic carbocycles. The fourth-order valence-electron chi connectivity index (χ4n) is 1.46. The molecule has 1 rings (SSSR count). The van der Waals surface area contributed by atoms with E-state index >= 15 is 0 Å². The maximum absolute atomic E-state index is 5.53. The van der Waals surface area contributed by atoms with Crippen LogP contribution in [-0.2, 0) is 0 Å². The number of nitrogens with two attached hydrogens (primary N) is 1. The molecule has 0 spiro atoms. The van der Waals surface area contributed by atoms with Crippen LogP contribution in [0.25, 0.3) is 0 Å². The van der Waals surface area contributed by atoms with E-state index < -0.39 is 0 Å². The summed E-state index contributed by atoms with van der Waals surface area (Å²) in [5.74, 6) is 5.53. The van der Waals surface area contributed by atoms with E-state index in [4.69, 9.17) is 5.84 Å². The third-order valence-electron chi connectivity index (χ3n) is 2.46. The third kappa shape index (κ3) is 3.45. The van der Waals surface area contributed by atoms with Crippen molar-refractivity contribution in [2.24, 2.45) is 5.84 Å². The van der Waals surface area contributed by atoms with Crippen LogP contribution in [0.5, 0.6) is 0 Å². The van der Waals surface area contributed by atoms with Gasteiger partial charge in [0.25, 0.3) is 0 Å². The van der Waals surface area contributed by atoms with Gasteiger partial charge in [-0.3, -0.25) is 11.3 Å². The predicted octanol–water partition coefficient (Wildman–Crippen LogP) is 3.23. The standard InChI is InChI=1S/C12H17BrN2/c1-3-4-5-12(15-14)10-7-6-9(2)11(13)8-10/h3,6-8,12,15H,1,4-5,14H2,2H3. The molecule has 3 N–H and O–H groups in total. The molecular formula is C12H17BrN2. The van der Waals surface area contributed by atoms with Crippen molar-refractivity contribution >= 4 is 15.9 Å². The van der Waals surface area contributed by atoms with Gasteiger partial charge in [0.2, 0.25) is 0 Å². The molecule has 0 saturated heterocycles. The monoisotopic (exact) mass is 268 g/mol. The molecule has 82 valence electrons. The van der Waals surface area contributed by atoms with Gasteiger partial charge in [-0.25, -0.2) is 0 Å². The number of hydrazine groups is 1. The highest BCUT2D eigenvalue weighted by Crippen LogP contribution is 2.24. The molecule has 1 aromatic rings. The molecule has 0 aliphatic heterocycles. The molecule has 0 fully saturated rings. The van der Waals surface area contributed by atoms with Gasteiger partial charge in [0.05, 0.1) is 0 Å². The normalized spacial score (nSPS) is 12.5. The van der Waals surface area contributed by atoms with Gasteiger partial charge in [-0.05, 0) is 37.0 Å². The average molecular weight is 269 g/mol. The first-order valence-electron chi connectivity index (χ1n) is 5.02. The lowest BCUT2D eigenvalue weighted by atomic mass is 10.0. The topological polar surface area (TPSA) is 38.0 Å². The number of benzene rings is 1. The van der Waals surface area contributed by atoms with Crippen molar-refractivity contribution in [2.75, 3.05) is 0 Å². The van der Waals surface area contributed by atoms with E-state index in [2.05, 4.69) is 53.1 Å². The molecule has 0 aromatic heterocycles. The molecule has 3 heteroatoms. The quantitative estimate of drug-likeness (QED) is 0.489. The zero-order chi connectivity index (χ0) is 11.3. The summed E-state index contributed by atoms with van der Waals surface area (Å²) in [7, 11) is 0. The fourth-order valence-corrected chi connectivity index (χ4v) is 1.85. The Kier molecular flexibility index (Phi) is 5.02. The van der Waals surface area contributed by atoms with E-state index in [1.807, 2.05) is 6.08 Å². The van der Waals surface area contributed by atoms with Gasteiger partial charge in [0.1, 0.15) is 0 Å². The number of aryl methyl sites for hydroxylation is 1. The minimum Gasteiger partial charge on any atom is -0.271 e. The zero-order valence-electron chi connectivity index (χ0n) is 8.96. The molecule has 0 saturated carbocycles. The Morgan fingerprint density at radius 1 is 1.60 bits per heavy atom. The van der Waals surface area contributed by atoms with Crippen molar-refractivity contribution in [3.63, 3.8) is 0 Å². The first-order chi connectivity index (χ1) is 7.19. The molecule has 1 atom stereocenters. The van der Waals surface area contributed by atoms with Crippen LogP contribution in [0.1, 0.15) is 30.0 Å². The van der Waals surface area contributed by atoms with Crippen LogP contribution in [0.3, 0.4) is 0 Å². The summed E-state index contributed by atoms with van der Waals surface area (Å²) in [5.41, 5.74) is 5.27. The van der Waals surface area contributed by atoms with Crippen molar-refractivity contribution < 1.29 is 0 Å². The summed E-state index contributed by atoms with van der Waals surface area (Å²) < 4.78 is 1.12. The molecule has 0 radical (unpaired) electrons.